The van der Waals surface area contributed by atoms with Gasteiger partial charge >= 0.3 is 0 Å². The summed E-state index contributed by atoms with van der Waals surface area (Å²) in [4.78, 5) is 2.39. The van der Waals surface area contributed by atoms with Crippen molar-refractivity contribution in [2.75, 3.05) is 18.0 Å². The van der Waals surface area contributed by atoms with Crippen LogP contribution in [0.1, 0.15) is 65.4 Å². The Bertz CT molecular complexity index is 354. The van der Waals surface area contributed by atoms with Crippen molar-refractivity contribution in [3.63, 3.8) is 0 Å². The van der Waals surface area contributed by atoms with Gasteiger partial charge in [-0.05, 0) is 44.4 Å². The Hall–Kier alpha value is -1.02. The van der Waals surface area contributed by atoms with E-state index in [1.165, 1.54) is 43.4 Å². The van der Waals surface area contributed by atoms with Gasteiger partial charge in [-0.25, -0.2) is 0 Å². The Morgan fingerprint density at radius 1 is 0.905 bits per heavy atom. The summed E-state index contributed by atoms with van der Waals surface area (Å²) in [5.41, 5.74) is 2.73. The predicted molar refractivity (Wildman–Crippen MR) is 95.1 cm³/mol. The molecule has 0 aliphatic rings. The van der Waals surface area contributed by atoms with Crippen molar-refractivity contribution in [2.24, 2.45) is 0 Å². The maximum atomic E-state index is 3.73. The first-order valence-electron chi connectivity index (χ1n) is 8.82. The van der Waals surface area contributed by atoms with Crippen molar-refractivity contribution in [1.82, 2.24) is 5.32 Å². The van der Waals surface area contributed by atoms with Crippen LogP contribution in [0.25, 0.3) is 0 Å². The first kappa shape index (κ1) is 18.0. The van der Waals surface area contributed by atoms with E-state index in [1.807, 2.05) is 0 Å². The molecule has 0 radical (unpaired) electrons. The zero-order chi connectivity index (χ0) is 15.5. The first-order chi connectivity index (χ1) is 10.2. The minimum atomic E-state index is 0.678. The summed E-state index contributed by atoms with van der Waals surface area (Å²) in [5.74, 6) is 0. The second-order valence-corrected chi connectivity index (χ2v) is 5.85. The average Bonchev–Trinajstić information content (AvgIpc) is 2.52. The molecular formula is C19H34N2. The third-order valence-corrected chi connectivity index (χ3v) is 4.20. The predicted octanol–water partition coefficient (Wildman–Crippen LogP) is 4.98. The molecule has 1 N–H and O–H groups in total. The highest BCUT2D eigenvalue weighted by atomic mass is 15.1. The number of hydrogen-bond acceptors (Lipinski definition) is 2. The van der Waals surface area contributed by atoms with E-state index >= 15 is 0 Å². The lowest BCUT2D eigenvalue weighted by Gasteiger charge is -2.22. The van der Waals surface area contributed by atoms with Crippen molar-refractivity contribution < 1.29 is 0 Å². The first-order valence-corrected chi connectivity index (χ1v) is 8.82. The number of hydrogen-bond donors (Lipinski definition) is 1. The van der Waals surface area contributed by atoms with Gasteiger partial charge in [0.05, 0.1) is 0 Å². The van der Waals surface area contributed by atoms with Gasteiger partial charge in [-0.1, -0.05) is 45.2 Å². The summed E-state index contributed by atoms with van der Waals surface area (Å²) in [7, 11) is 0. The number of anilines is 1. The largest absolute Gasteiger partial charge is 0.372 e. The van der Waals surface area contributed by atoms with Gasteiger partial charge < -0.3 is 10.2 Å². The third-order valence-electron chi connectivity index (χ3n) is 4.20. The Morgan fingerprint density at radius 2 is 1.57 bits per heavy atom. The van der Waals surface area contributed by atoms with Crippen molar-refractivity contribution >= 4 is 5.69 Å². The molecule has 0 saturated carbocycles. The molecule has 1 rings (SSSR count). The van der Waals surface area contributed by atoms with Crippen molar-refractivity contribution in [3.8, 4) is 0 Å². The lowest BCUT2D eigenvalue weighted by molar-refractivity contribution is 0.434. The Labute approximate surface area is 131 Å². The highest BCUT2D eigenvalue weighted by molar-refractivity contribution is 5.47. The summed E-state index contributed by atoms with van der Waals surface area (Å²) in [5, 5.41) is 3.73. The van der Waals surface area contributed by atoms with E-state index in [4.69, 9.17) is 0 Å². The normalized spacial score (nSPS) is 12.4. The van der Waals surface area contributed by atoms with Crippen LogP contribution >= 0.6 is 0 Å². The van der Waals surface area contributed by atoms with Crippen molar-refractivity contribution in [2.45, 2.75) is 72.4 Å². The van der Waals surface area contributed by atoms with Crippen LogP contribution in [0.15, 0.2) is 24.3 Å². The van der Waals surface area contributed by atoms with E-state index < -0.39 is 0 Å². The molecule has 2 nitrogen and oxygen atoms in total. The standard InChI is InChI=1S/C19H34N2/c1-5-9-11-18(10-6-2)20-16-17-12-14-19(15-13-17)21(7-3)8-4/h12-15,18,20H,5-11,16H2,1-4H3. The minimum Gasteiger partial charge on any atom is -0.372 e. The molecule has 0 aromatic heterocycles. The molecule has 0 saturated heterocycles. The lowest BCUT2D eigenvalue weighted by atomic mass is 10.0. The van der Waals surface area contributed by atoms with Crippen LogP contribution in [0, 0.1) is 0 Å². The van der Waals surface area contributed by atoms with E-state index in [1.54, 1.807) is 0 Å². The highest BCUT2D eigenvalue weighted by Crippen LogP contribution is 2.15. The van der Waals surface area contributed by atoms with Crippen LogP contribution in [0.4, 0.5) is 5.69 Å². The quantitative estimate of drug-likeness (QED) is 0.618. The average molecular weight is 290 g/mol. The topological polar surface area (TPSA) is 15.3 Å². The summed E-state index contributed by atoms with van der Waals surface area (Å²) in [6, 6.07) is 9.72. The van der Waals surface area contributed by atoms with Crippen molar-refractivity contribution in [3.05, 3.63) is 29.8 Å². The number of nitrogens with one attached hydrogen (secondary N) is 1. The summed E-state index contributed by atoms with van der Waals surface area (Å²) in [6.07, 6.45) is 6.49. The molecule has 120 valence electrons. The van der Waals surface area contributed by atoms with Crippen LogP contribution in [-0.4, -0.2) is 19.1 Å². The Morgan fingerprint density at radius 3 is 2.10 bits per heavy atom. The summed E-state index contributed by atoms with van der Waals surface area (Å²) < 4.78 is 0. The van der Waals surface area contributed by atoms with Crippen LogP contribution in [-0.2, 0) is 6.54 Å². The van der Waals surface area contributed by atoms with Gasteiger partial charge in [-0.3, -0.25) is 0 Å². The zero-order valence-electron chi connectivity index (χ0n) is 14.5. The van der Waals surface area contributed by atoms with Gasteiger partial charge in [-0.2, -0.15) is 0 Å². The van der Waals surface area contributed by atoms with Gasteiger partial charge in [0, 0.05) is 31.4 Å². The van der Waals surface area contributed by atoms with Crippen LogP contribution in [0.2, 0.25) is 0 Å². The van der Waals surface area contributed by atoms with Gasteiger partial charge in [-0.15, -0.1) is 0 Å². The molecule has 1 atom stereocenters. The molecule has 1 aromatic carbocycles. The number of nitrogens with zero attached hydrogens (tertiary/aromatic N) is 1. The molecule has 0 fully saturated rings. The van der Waals surface area contributed by atoms with Crippen LogP contribution in [0.5, 0.6) is 0 Å². The van der Waals surface area contributed by atoms with Crippen LogP contribution < -0.4 is 10.2 Å². The fourth-order valence-electron chi connectivity index (χ4n) is 2.82. The Kier molecular flexibility index (Phi) is 9.16. The van der Waals surface area contributed by atoms with E-state index in [-0.39, 0.29) is 0 Å². The minimum absolute atomic E-state index is 0.678. The molecule has 0 bridgehead atoms. The highest BCUT2D eigenvalue weighted by Gasteiger charge is 2.07. The number of benzene rings is 1. The number of rotatable bonds is 11. The molecule has 0 spiro atoms. The fourth-order valence-corrected chi connectivity index (χ4v) is 2.82. The molecule has 0 amide bonds. The van der Waals surface area contributed by atoms with Crippen molar-refractivity contribution in [1.29, 1.82) is 0 Å². The second-order valence-electron chi connectivity index (χ2n) is 5.85. The van der Waals surface area contributed by atoms with E-state index in [0.29, 0.717) is 6.04 Å². The molecule has 0 aliphatic heterocycles. The second kappa shape index (κ2) is 10.7. The third kappa shape index (κ3) is 6.52. The number of unbranched alkanes of at least 4 members (excludes halogenated alkanes) is 1. The maximum absolute atomic E-state index is 3.73. The molecule has 1 unspecified atom stereocenters. The molecule has 1 aromatic rings. The van der Waals surface area contributed by atoms with Gasteiger partial charge in [0.15, 0.2) is 0 Å². The molecule has 0 heterocycles. The summed E-state index contributed by atoms with van der Waals surface area (Å²) >= 11 is 0. The summed E-state index contributed by atoms with van der Waals surface area (Å²) in [6.45, 7) is 12.1. The van der Waals surface area contributed by atoms with Gasteiger partial charge in [0.2, 0.25) is 0 Å². The van der Waals surface area contributed by atoms with E-state index in [9.17, 15) is 0 Å². The lowest BCUT2D eigenvalue weighted by Crippen LogP contribution is -2.28. The molecule has 0 aliphatic carbocycles. The Balaban J connectivity index is 2.50. The van der Waals surface area contributed by atoms with Crippen LogP contribution in [0.3, 0.4) is 0 Å². The monoisotopic (exact) mass is 290 g/mol. The smallest absolute Gasteiger partial charge is 0.0366 e. The fraction of sp³-hybridized carbons (Fsp3) is 0.684. The maximum Gasteiger partial charge on any atom is 0.0366 e. The SMILES string of the molecule is CCCCC(CCC)NCc1ccc(N(CC)CC)cc1. The van der Waals surface area contributed by atoms with E-state index in [2.05, 4.69) is 62.2 Å². The molecule has 21 heavy (non-hydrogen) atoms. The zero-order valence-corrected chi connectivity index (χ0v) is 14.5. The van der Waals surface area contributed by atoms with E-state index in [0.717, 1.165) is 19.6 Å². The van der Waals surface area contributed by atoms with Gasteiger partial charge in [0.25, 0.3) is 0 Å². The molecular weight excluding hydrogens is 256 g/mol. The van der Waals surface area contributed by atoms with Gasteiger partial charge in [0.1, 0.15) is 0 Å². The molecule has 2 heteroatoms.